The Hall–Kier alpha value is -2.28. The molecule has 29 heavy (non-hydrogen) atoms. The van der Waals surface area contributed by atoms with Crippen LogP contribution in [0.25, 0.3) is 0 Å². The zero-order valence-electron chi connectivity index (χ0n) is 17.3. The first-order chi connectivity index (χ1) is 13.7. The number of carbonyl (C=O) groups excluding carboxylic acids is 3. The van der Waals surface area contributed by atoms with Gasteiger partial charge >= 0.3 is 6.09 Å². The summed E-state index contributed by atoms with van der Waals surface area (Å²) < 4.78 is 5.12. The van der Waals surface area contributed by atoms with E-state index in [0.717, 1.165) is 12.8 Å². The van der Waals surface area contributed by atoms with Crippen LogP contribution >= 0.6 is 11.6 Å². The standard InChI is InChI=1S/C21H30ClN3O4/c1-21(2,3)29-20(28)23-11-8-18(26)24-14-15-9-12-25(13-10-15)19(27)16-6-4-5-7-17(16)22/h4-7,15H,8-14H2,1-3H3,(H,23,28)(H,24,26). The highest BCUT2D eigenvalue weighted by Crippen LogP contribution is 2.22. The second-order valence-corrected chi connectivity index (χ2v) is 8.61. The van der Waals surface area contributed by atoms with E-state index >= 15 is 0 Å². The Bertz CT molecular complexity index is 725. The van der Waals surface area contributed by atoms with E-state index in [1.165, 1.54) is 0 Å². The predicted molar refractivity (Wildman–Crippen MR) is 112 cm³/mol. The van der Waals surface area contributed by atoms with E-state index in [9.17, 15) is 14.4 Å². The van der Waals surface area contributed by atoms with Gasteiger partial charge in [0, 0.05) is 32.6 Å². The third kappa shape index (κ3) is 7.93. The molecule has 3 amide bonds. The molecule has 1 saturated heterocycles. The van der Waals surface area contributed by atoms with Crippen LogP contribution in [0.15, 0.2) is 24.3 Å². The fraction of sp³-hybridized carbons (Fsp3) is 0.571. The van der Waals surface area contributed by atoms with Crippen molar-refractivity contribution in [2.75, 3.05) is 26.2 Å². The van der Waals surface area contributed by atoms with Gasteiger partial charge in [-0.1, -0.05) is 23.7 Å². The van der Waals surface area contributed by atoms with E-state index in [1.54, 1.807) is 45.0 Å². The lowest BCUT2D eigenvalue weighted by molar-refractivity contribution is -0.121. The lowest BCUT2D eigenvalue weighted by Gasteiger charge is -2.32. The van der Waals surface area contributed by atoms with Crippen LogP contribution in [0.4, 0.5) is 4.79 Å². The van der Waals surface area contributed by atoms with Gasteiger partial charge in [0.15, 0.2) is 0 Å². The molecule has 1 aliphatic heterocycles. The van der Waals surface area contributed by atoms with Crippen molar-refractivity contribution < 1.29 is 19.1 Å². The molecule has 1 aromatic rings. The minimum Gasteiger partial charge on any atom is -0.444 e. The molecule has 0 saturated carbocycles. The lowest BCUT2D eigenvalue weighted by Crippen LogP contribution is -2.42. The molecule has 0 bridgehead atoms. The molecule has 8 heteroatoms. The van der Waals surface area contributed by atoms with Gasteiger partial charge in [-0.3, -0.25) is 9.59 Å². The molecule has 0 radical (unpaired) electrons. The first-order valence-electron chi connectivity index (χ1n) is 9.93. The van der Waals surface area contributed by atoms with Gasteiger partial charge in [-0.25, -0.2) is 4.79 Å². The van der Waals surface area contributed by atoms with Crippen molar-refractivity contribution in [2.45, 2.75) is 45.6 Å². The van der Waals surface area contributed by atoms with Crippen LogP contribution in [0.1, 0.15) is 50.4 Å². The number of carbonyl (C=O) groups is 3. The van der Waals surface area contributed by atoms with Crippen LogP contribution in [0, 0.1) is 5.92 Å². The van der Waals surface area contributed by atoms with Crippen LogP contribution in [-0.4, -0.2) is 54.6 Å². The average molecular weight is 424 g/mol. The minimum absolute atomic E-state index is 0.0497. The summed E-state index contributed by atoms with van der Waals surface area (Å²) in [5, 5.41) is 5.94. The highest BCUT2D eigenvalue weighted by atomic mass is 35.5. The van der Waals surface area contributed by atoms with Crippen LogP contribution in [0.5, 0.6) is 0 Å². The van der Waals surface area contributed by atoms with Crippen LogP contribution in [-0.2, 0) is 9.53 Å². The van der Waals surface area contributed by atoms with Gasteiger partial charge in [-0.2, -0.15) is 0 Å². The summed E-state index contributed by atoms with van der Waals surface area (Å²) in [6.07, 6.45) is 1.32. The van der Waals surface area contributed by atoms with Crippen molar-refractivity contribution in [1.29, 1.82) is 0 Å². The summed E-state index contributed by atoms with van der Waals surface area (Å²) in [5.74, 6) is 0.162. The fourth-order valence-electron chi connectivity index (χ4n) is 3.08. The van der Waals surface area contributed by atoms with Gasteiger partial charge < -0.3 is 20.3 Å². The van der Waals surface area contributed by atoms with Crippen molar-refractivity contribution in [3.05, 3.63) is 34.9 Å². The van der Waals surface area contributed by atoms with Gasteiger partial charge in [0.25, 0.3) is 5.91 Å². The number of nitrogens with zero attached hydrogens (tertiary/aromatic N) is 1. The summed E-state index contributed by atoms with van der Waals surface area (Å²) >= 11 is 6.12. The number of benzene rings is 1. The Morgan fingerprint density at radius 1 is 1.14 bits per heavy atom. The van der Waals surface area contributed by atoms with Crippen molar-refractivity contribution in [3.8, 4) is 0 Å². The molecule has 1 aromatic carbocycles. The molecule has 160 valence electrons. The predicted octanol–water partition coefficient (Wildman–Crippen LogP) is 3.22. The third-order valence-corrected chi connectivity index (χ3v) is 4.94. The fourth-order valence-corrected chi connectivity index (χ4v) is 3.30. The number of halogens is 1. The minimum atomic E-state index is -0.561. The molecule has 0 atom stereocenters. The molecule has 1 fully saturated rings. The smallest absolute Gasteiger partial charge is 0.407 e. The van der Waals surface area contributed by atoms with Crippen molar-refractivity contribution in [3.63, 3.8) is 0 Å². The van der Waals surface area contributed by atoms with Gasteiger partial charge in [0.2, 0.25) is 5.91 Å². The molecule has 1 aliphatic rings. The highest BCUT2D eigenvalue weighted by Gasteiger charge is 2.25. The number of alkyl carbamates (subject to hydrolysis) is 1. The van der Waals surface area contributed by atoms with Gasteiger partial charge in [0.05, 0.1) is 10.6 Å². The summed E-state index contributed by atoms with van der Waals surface area (Å²) in [6.45, 7) is 7.44. The summed E-state index contributed by atoms with van der Waals surface area (Å²) in [4.78, 5) is 37.9. The SMILES string of the molecule is CC(C)(C)OC(=O)NCCC(=O)NCC1CCN(C(=O)c2ccccc2Cl)CC1. The van der Waals surface area contributed by atoms with Crippen LogP contribution in [0.3, 0.4) is 0 Å². The summed E-state index contributed by atoms with van der Waals surface area (Å²) in [6, 6.07) is 7.06. The number of ether oxygens (including phenoxy) is 1. The van der Waals surface area contributed by atoms with E-state index in [-0.39, 0.29) is 24.8 Å². The molecule has 0 aliphatic carbocycles. The van der Waals surface area contributed by atoms with E-state index in [0.29, 0.717) is 36.1 Å². The maximum absolute atomic E-state index is 12.6. The Labute approximate surface area is 177 Å². The average Bonchev–Trinajstić information content (AvgIpc) is 2.65. The quantitative estimate of drug-likeness (QED) is 0.735. The number of hydrogen-bond acceptors (Lipinski definition) is 4. The monoisotopic (exact) mass is 423 g/mol. The first kappa shape index (κ1) is 23.0. The summed E-state index contributed by atoms with van der Waals surface area (Å²) in [5.41, 5.74) is -0.0348. The molecule has 0 aromatic heterocycles. The second kappa shape index (κ2) is 10.5. The van der Waals surface area contributed by atoms with Gasteiger partial charge in [-0.05, 0) is 51.7 Å². The zero-order valence-corrected chi connectivity index (χ0v) is 18.1. The van der Waals surface area contributed by atoms with E-state index in [2.05, 4.69) is 10.6 Å². The zero-order chi connectivity index (χ0) is 21.4. The van der Waals surface area contributed by atoms with Crippen LogP contribution in [0.2, 0.25) is 5.02 Å². The Kier molecular flexibility index (Phi) is 8.32. The maximum Gasteiger partial charge on any atom is 0.407 e. The number of amides is 3. The second-order valence-electron chi connectivity index (χ2n) is 8.20. The maximum atomic E-state index is 12.6. The van der Waals surface area contributed by atoms with E-state index in [1.807, 2.05) is 4.90 Å². The number of piperidine rings is 1. The summed E-state index contributed by atoms with van der Waals surface area (Å²) in [7, 11) is 0. The van der Waals surface area contributed by atoms with E-state index in [4.69, 9.17) is 16.3 Å². The molecular formula is C21H30ClN3O4. The first-order valence-corrected chi connectivity index (χ1v) is 10.3. The van der Waals surface area contributed by atoms with Gasteiger partial charge in [-0.15, -0.1) is 0 Å². The van der Waals surface area contributed by atoms with Crippen molar-refractivity contribution in [1.82, 2.24) is 15.5 Å². The number of hydrogen-bond donors (Lipinski definition) is 2. The Balaban J connectivity index is 1.64. The molecule has 1 heterocycles. The topological polar surface area (TPSA) is 87.7 Å². The van der Waals surface area contributed by atoms with Gasteiger partial charge in [0.1, 0.15) is 5.60 Å². The van der Waals surface area contributed by atoms with E-state index < -0.39 is 11.7 Å². The lowest BCUT2D eigenvalue weighted by atomic mass is 9.96. The third-order valence-electron chi connectivity index (χ3n) is 4.61. The highest BCUT2D eigenvalue weighted by molar-refractivity contribution is 6.33. The largest absolute Gasteiger partial charge is 0.444 e. The Morgan fingerprint density at radius 3 is 2.41 bits per heavy atom. The molecule has 0 spiro atoms. The molecule has 0 unspecified atom stereocenters. The van der Waals surface area contributed by atoms with Crippen molar-refractivity contribution in [2.24, 2.45) is 5.92 Å². The number of likely N-dealkylation sites (tertiary alicyclic amines) is 1. The number of nitrogens with one attached hydrogen (secondary N) is 2. The normalized spacial score (nSPS) is 15.0. The molecule has 2 rings (SSSR count). The van der Waals surface area contributed by atoms with Crippen LogP contribution < -0.4 is 10.6 Å². The van der Waals surface area contributed by atoms with Crippen molar-refractivity contribution >= 4 is 29.5 Å². The molecule has 2 N–H and O–H groups in total. The molecular weight excluding hydrogens is 394 g/mol. The molecule has 7 nitrogen and oxygen atoms in total. The Morgan fingerprint density at radius 2 is 1.79 bits per heavy atom. The number of rotatable bonds is 6.